The third-order valence-corrected chi connectivity index (χ3v) is 2.21. The van der Waals surface area contributed by atoms with Gasteiger partial charge in [0.25, 0.3) is 0 Å². The summed E-state index contributed by atoms with van der Waals surface area (Å²) in [5, 5.41) is 0.755. The largest absolute Gasteiger partial charge is 0.366 e. The molecular weight excluding hydrogens is 194 g/mol. The molecule has 5 heteroatoms. The first-order valence-electron chi connectivity index (χ1n) is 4.30. The van der Waals surface area contributed by atoms with Crippen molar-refractivity contribution in [3.63, 3.8) is 0 Å². The van der Waals surface area contributed by atoms with E-state index in [-0.39, 0.29) is 0 Å². The van der Waals surface area contributed by atoms with Crippen molar-refractivity contribution in [1.82, 2.24) is 4.57 Å². The van der Waals surface area contributed by atoms with Gasteiger partial charge in [0.2, 0.25) is 5.91 Å². The van der Waals surface area contributed by atoms with Crippen LogP contribution in [0.3, 0.4) is 0 Å². The Kier molecular flexibility index (Phi) is 1.93. The van der Waals surface area contributed by atoms with E-state index in [1.807, 2.05) is 0 Å². The normalized spacial score (nSPS) is 10.4. The zero-order valence-electron chi connectivity index (χ0n) is 7.81. The van der Waals surface area contributed by atoms with Crippen LogP contribution < -0.4 is 11.5 Å². The van der Waals surface area contributed by atoms with Gasteiger partial charge in [-0.2, -0.15) is 0 Å². The van der Waals surface area contributed by atoms with Crippen LogP contribution in [0.4, 0.5) is 4.79 Å². The van der Waals surface area contributed by atoms with Crippen molar-refractivity contribution in [1.29, 1.82) is 0 Å². The average molecular weight is 203 g/mol. The number of carbonyl (C=O) groups is 2. The molecule has 0 aliphatic heterocycles. The quantitative estimate of drug-likeness (QED) is 0.712. The molecule has 1 aromatic carbocycles. The highest BCUT2D eigenvalue weighted by atomic mass is 16.2. The van der Waals surface area contributed by atoms with E-state index in [0.29, 0.717) is 11.1 Å². The Balaban J connectivity index is 2.66. The molecule has 4 N–H and O–H groups in total. The first kappa shape index (κ1) is 9.26. The van der Waals surface area contributed by atoms with E-state index in [4.69, 9.17) is 11.5 Å². The summed E-state index contributed by atoms with van der Waals surface area (Å²) in [6.07, 6.45) is 1.55. The van der Waals surface area contributed by atoms with Crippen molar-refractivity contribution < 1.29 is 9.59 Å². The van der Waals surface area contributed by atoms with E-state index in [1.54, 1.807) is 30.5 Å². The number of rotatable bonds is 1. The summed E-state index contributed by atoms with van der Waals surface area (Å²) < 4.78 is 1.31. The minimum Gasteiger partial charge on any atom is -0.366 e. The van der Waals surface area contributed by atoms with Gasteiger partial charge in [0, 0.05) is 17.1 Å². The standard InChI is InChI=1S/C10H9N3O2/c11-9(14)7-1-2-8-6(5-7)3-4-13(8)10(12)15/h1-5H,(H2,11,14)(H2,12,15). The van der Waals surface area contributed by atoms with E-state index < -0.39 is 11.9 Å². The molecule has 0 fully saturated rings. The van der Waals surface area contributed by atoms with Gasteiger partial charge >= 0.3 is 6.03 Å². The molecule has 5 nitrogen and oxygen atoms in total. The summed E-state index contributed by atoms with van der Waals surface area (Å²) in [7, 11) is 0. The van der Waals surface area contributed by atoms with Crippen molar-refractivity contribution in [2.75, 3.05) is 0 Å². The summed E-state index contributed by atoms with van der Waals surface area (Å²) in [4.78, 5) is 21.9. The number of hydrogen-bond donors (Lipinski definition) is 2. The maximum atomic E-state index is 11.0. The second-order valence-electron chi connectivity index (χ2n) is 3.16. The lowest BCUT2D eigenvalue weighted by Gasteiger charge is -1.99. The molecule has 15 heavy (non-hydrogen) atoms. The van der Waals surface area contributed by atoms with Crippen LogP contribution in [0.5, 0.6) is 0 Å². The predicted octanol–water partition coefficient (Wildman–Crippen LogP) is 0.667. The van der Waals surface area contributed by atoms with Gasteiger partial charge in [-0.15, -0.1) is 0 Å². The number of nitrogens with two attached hydrogens (primary N) is 2. The van der Waals surface area contributed by atoms with Crippen LogP contribution in [0.1, 0.15) is 10.4 Å². The number of fused-ring (bicyclic) bond motifs is 1. The minimum atomic E-state index is -0.558. The van der Waals surface area contributed by atoms with Crippen molar-refractivity contribution >= 4 is 22.8 Å². The molecule has 1 heterocycles. The lowest BCUT2D eigenvalue weighted by Crippen LogP contribution is -2.18. The molecule has 2 aromatic rings. The minimum absolute atomic E-state index is 0.407. The van der Waals surface area contributed by atoms with E-state index in [9.17, 15) is 9.59 Å². The van der Waals surface area contributed by atoms with Crippen LogP contribution in [0.15, 0.2) is 30.5 Å². The van der Waals surface area contributed by atoms with Crippen LogP contribution in [0.25, 0.3) is 10.9 Å². The molecule has 0 aliphatic rings. The highest BCUT2D eigenvalue weighted by molar-refractivity contribution is 5.99. The van der Waals surface area contributed by atoms with Gasteiger partial charge < -0.3 is 11.5 Å². The molecule has 2 rings (SSSR count). The van der Waals surface area contributed by atoms with Gasteiger partial charge in [0.1, 0.15) is 0 Å². The fraction of sp³-hybridized carbons (Fsp3) is 0. The zero-order chi connectivity index (χ0) is 11.0. The lowest BCUT2D eigenvalue weighted by atomic mass is 10.1. The molecular formula is C10H9N3O2. The van der Waals surface area contributed by atoms with Crippen molar-refractivity contribution in [3.8, 4) is 0 Å². The van der Waals surface area contributed by atoms with Crippen LogP contribution in [-0.2, 0) is 0 Å². The predicted molar refractivity (Wildman–Crippen MR) is 55.4 cm³/mol. The number of amides is 2. The Morgan fingerprint density at radius 1 is 1.13 bits per heavy atom. The summed E-state index contributed by atoms with van der Waals surface area (Å²) in [5.74, 6) is -0.497. The molecule has 0 saturated carbocycles. The molecule has 0 aliphatic carbocycles. The smallest absolute Gasteiger partial charge is 0.323 e. The number of primary amides is 2. The Bertz CT molecular complexity index is 557. The highest BCUT2D eigenvalue weighted by Gasteiger charge is 2.07. The SMILES string of the molecule is NC(=O)c1ccc2c(ccn2C(N)=O)c1. The molecule has 0 bridgehead atoms. The zero-order valence-corrected chi connectivity index (χ0v) is 7.81. The molecule has 0 spiro atoms. The molecule has 0 atom stereocenters. The monoisotopic (exact) mass is 203 g/mol. The summed E-state index contributed by atoms with van der Waals surface area (Å²) in [5.41, 5.74) is 11.4. The number of nitrogens with zero attached hydrogens (tertiary/aromatic N) is 1. The maximum Gasteiger partial charge on any atom is 0.323 e. The summed E-state index contributed by atoms with van der Waals surface area (Å²) >= 11 is 0. The Labute approximate surface area is 85.3 Å². The van der Waals surface area contributed by atoms with E-state index in [1.165, 1.54) is 4.57 Å². The van der Waals surface area contributed by atoms with Gasteiger partial charge in [-0.1, -0.05) is 0 Å². The van der Waals surface area contributed by atoms with Gasteiger partial charge in [0.05, 0.1) is 5.52 Å². The molecule has 76 valence electrons. The maximum absolute atomic E-state index is 11.0. The number of aromatic nitrogens is 1. The molecule has 0 radical (unpaired) electrons. The third-order valence-electron chi connectivity index (χ3n) is 2.21. The van der Waals surface area contributed by atoms with Gasteiger partial charge in [0.15, 0.2) is 0 Å². The summed E-state index contributed by atoms with van der Waals surface area (Å²) in [6.45, 7) is 0. The van der Waals surface area contributed by atoms with Crippen LogP contribution in [0, 0.1) is 0 Å². The summed E-state index contributed by atoms with van der Waals surface area (Å²) in [6, 6.07) is 5.96. The van der Waals surface area contributed by atoms with Crippen molar-refractivity contribution in [3.05, 3.63) is 36.0 Å². The molecule has 1 aromatic heterocycles. The fourth-order valence-electron chi connectivity index (χ4n) is 1.49. The van der Waals surface area contributed by atoms with Gasteiger partial charge in [-0.05, 0) is 24.3 Å². The fourth-order valence-corrected chi connectivity index (χ4v) is 1.49. The van der Waals surface area contributed by atoms with Crippen LogP contribution >= 0.6 is 0 Å². The van der Waals surface area contributed by atoms with Crippen molar-refractivity contribution in [2.45, 2.75) is 0 Å². The first-order valence-corrected chi connectivity index (χ1v) is 4.30. The van der Waals surface area contributed by atoms with Gasteiger partial charge in [-0.3, -0.25) is 9.36 Å². The number of hydrogen-bond acceptors (Lipinski definition) is 2. The average Bonchev–Trinajstić information content (AvgIpc) is 2.59. The second-order valence-corrected chi connectivity index (χ2v) is 3.16. The number of benzene rings is 1. The molecule has 2 amide bonds. The van der Waals surface area contributed by atoms with Crippen LogP contribution in [0.2, 0.25) is 0 Å². The Morgan fingerprint density at radius 2 is 1.87 bits per heavy atom. The highest BCUT2D eigenvalue weighted by Crippen LogP contribution is 2.16. The Hall–Kier alpha value is -2.30. The van der Waals surface area contributed by atoms with Crippen LogP contribution in [-0.4, -0.2) is 16.5 Å². The molecule has 0 saturated heterocycles. The third kappa shape index (κ3) is 1.43. The first-order chi connectivity index (χ1) is 7.09. The number of carbonyl (C=O) groups excluding carboxylic acids is 2. The van der Waals surface area contributed by atoms with Crippen molar-refractivity contribution in [2.24, 2.45) is 11.5 Å². The van der Waals surface area contributed by atoms with E-state index in [2.05, 4.69) is 0 Å². The lowest BCUT2D eigenvalue weighted by molar-refractivity contribution is 0.100. The van der Waals surface area contributed by atoms with E-state index in [0.717, 1.165) is 5.39 Å². The molecule has 0 unspecified atom stereocenters. The second kappa shape index (κ2) is 3.13. The topological polar surface area (TPSA) is 91.1 Å². The van der Waals surface area contributed by atoms with Gasteiger partial charge in [-0.25, -0.2) is 4.79 Å². The van der Waals surface area contributed by atoms with E-state index >= 15 is 0 Å². The Morgan fingerprint density at radius 3 is 2.47 bits per heavy atom.